The summed E-state index contributed by atoms with van der Waals surface area (Å²) < 4.78 is 64.0. The molecule has 0 amide bonds. The summed E-state index contributed by atoms with van der Waals surface area (Å²) in [5.41, 5.74) is 2.62. The van der Waals surface area contributed by atoms with Crippen LogP contribution in [0.1, 0.15) is 15.9 Å². The molecule has 2 aromatic heterocycles. The number of anilines is 1. The third kappa shape index (κ3) is 4.35. The number of hydrogen-bond donors (Lipinski definition) is 2. The Morgan fingerprint density at radius 3 is 2.38 bits per heavy atom. The minimum absolute atomic E-state index is 0.0105. The van der Waals surface area contributed by atoms with Gasteiger partial charge in [-0.1, -0.05) is 11.3 Å². The van der Waals surface area contributed by atoms with E-state index in [2.05, 4.69) is 9.72 Å². The van der Waals surface area contributed by atoms with Crippen LogP contribution in [0.5, 0.6) is 17.2 Å². The molecule has 0 aliphatic carbocycles. The molecule has 0 saturated carbocycles. The smallest absolute Gasteiger partial charge is 0.341 e. The average Bonchev–Trinajstić information content (AvgIpc) is 3.21. The van der Waals surface area contributed by atoms with Crippen molar-refractivity contribution in [2.45, 2.75) is 6.61 Å². The summed E-state index contributed by atoms with van der Waals surface area (Å²) in [6.45, 7) is -0.577. The molecule has 0 bridgehead atoms. The number of H-pyrrole nitrogens is 1. The summed E-state index contributed by atoms with van der Waals surface area (Å²) in [5, 5.41) is -0.365. The lowest BCUT2D eigenvalue weighted by Crippen LogP contribution is -2.34. The van der Waals surface area contributed by atoms with Gasteiger partial charge < -0.3 is 24.7 Å². The van der Waals surface area contributed by atoms with Crippen molar-refractivity contribution in [2.75, 3.05) is 27.1 Å². The highest BCUT2D eigenvalue weighted by atomic mass is 32.1. The third-order valence-corrected chi connectivity index (χ3v) is 6.32. The summed E-state index contributed by atoms with van der Waals surface area (Å²) >= 11 is 0.771. The van der Waals surface area contributed by atoms with Crippen LogP contribution in [0.3, 0.4) is 0 Å². The monoisotopic (exact) mass is 537 g/mol. The van der Waals surface area contributed by atoms with E-state index in [0.29, 0.717) is 4.57 Å². The van der Waals surface area contributed by atoms with Crippen molar-refractivity contribution in [3.63, 3.8) is 0 Å². The number of methoxy groups -OCH3 is 3. The van der Waals surface area contributed by atoms with Crippen molar-refractivity contribution in [3.05, 3.63) is 73.7 Å². The van der Waals surface area contributed by atoms with Gasteiger partial charge in [0.1, 0.15) is 27.8 Å². The largest absolute Gasteiger partial charge is 0.496 e. The highest BCUT2D eigenvalue weighted by Gasteiger charge is 2.25. The molecule has 10 nitrogen and oxygen atoms in total. The Hall–Kier alpha value is -4.46. The fourth-order valence-electron chi connectivity index (χ4n) is 3.64. The van der Waals surface area contributed by atoms with Crippen LogP contribution in [-0.2, 0) is 11.3 Å². The molecule has 4 aromatic rings. The molecule has 14 heteroatoms. The minimum atomic E-state index is -1.22. The number of ether oxygens (including phenoxy) is 4. The van der Waals surface area contributed by atoms with E-state index in [9.17, 15) is 23.2 Å². The summed E-state index contributed by atoms with van der Waals surface area (Å²) in [6, 6.07) is 3.88. The Balaban J connectivity index is 1.88. The fraction of sp³-hybridized carbons (Fsp3) is 0.174. The zero-order valence-electron chi connectivity index (χ0n) is 19.4. The molecule has 0 spiro atoms. The van der Waals surface area contributed by atoms with Gasteiger partial charge >= 0.3 is 11.7 Å². The van der Waals surface area contributed by atoms with Crippen LogP contribution in [0, 0.1) is 17.5 Å². The number of rotatable bonds is 7. The normalized spacial score (nSPS) is 11.0. The Bertz CT molecular complexity index is 1660. The number of esters is 1. The van der Waals surface area contributed by atoms with Crippen LogP contribution in [0.2, 0.25) is 0 Å². The number of nitrogens with one attached hydrogen (secondary N) is 1. The molecule has 4 rings (SSSR count). The van der Waals surface area contributed by atoms with E-state index in [4.69, 9.17) is 19.9 Å². The van der Waals surface area contributed by atoms with Crippen LogP contribution in [0.4, 0.5) is 18.2 Å². The molecular formula is C23H18F3N3O7S. The van der Waals surface area contributed by atoms with Crippen LogP contribution in [0.15, 0.2) is 33.9 Å². The second-order valence-electron chi connectivity index (χ2n) is 7.39. The Labute approximate surface area is 209 Å². The average molecular weight is 537 g/mol. The van der Waals surface area contributed by atoms with Gasteiger partial charge in [-0.2, -0.15) is 0 Å². The SMILES string of the molecule is COC(=O)c1c(N)sc2[nH]c(=O)n(-c3cc(OCc4c(OC)ccc(F)c4F)c(OC)cc3F)c(=O)c12. The highest BCUT2D eigenvalue weighted by molar-refractivity contribution is 7.22. The van der Waals surface area contributed by atoms with Gasteiger partial charge in [-0.15, -0.1) is 0 Å². The molecular weight excluding hydrogens is 519 g/mol. The molecule has 0 saturated heterocycles. The first-order valence-electron chi connectivity index (χ1n) is 10.3. The van der Waals surface area contributed by atoms with Crippen LogP contribution in [0.25, 0.3) is 15.9 Å². The van der Waals surface area contributed by atoms with E-state index in [1.54, 1.807) is 0 Å². The van der Waals surface area contributed by atoms with Crippen LogP contribution >= 0.6 is 11.3 Å². The lowest BCUT2D eigenvalue weighted by molar-refractivity contribution is 0.0604. The van der Waals surface area contributed by atoms with Crippen molar-refractivity contribution in [3.8, 4) is 22.9 Å². The number of hydrogen-bond acceptors (Lipinski definition) is 9. The molecule has 0 aliphatic heterocycles. The van der Waals surface area contributed by atoms with Crippen LogP contribution < -0.4 is 31.2 Å². The number of carbonyl (C=O) groups is 1. The van der Waals surface area contributed by atoms with Gasteiger partial charge in [-0.05, 0) is 12.1 Å². The van der Waals surface area contributed by atoms with Gasteiger partial charge in [-0.25, -0.2) is 27.3 Å². The number of carbonyl (C=O) groups excluding carboxylic acids is 1. The van der Waals surface area contributed by atoms with Gasteiger partial charge in [0.2, 0.25) is 0 Å². The van der Waals surface area contributed by atoms with Crippen LogP contribution in [-0.4, -0.2) is 36.8 Å². The molecule has 3 N–H and O–H groups in total. The topological polar surface area (TPSA) is 135 Å². The second kappa shape index (κ2) is 9.89. The van der Waals surface area contributed by atoms with Gasteiger partial charge in [0.15, 0.2) is 29.0 Å². The number of nitrogen functional groups attached to an aromatic ring is 1. The van der Waals surface area contributed by atoms with Gasteiger partial charge in [0.25, 0.3) is 5.56 Å². The Morgan fingerprint density at radius 2 is 1.73 bits per heavy atom. The van der Waals surface area contributed by atoms with Gasteiger partial charge in [0, 0.05) is 12.1 Å². The van der Waals surface area contributed by atoms with E-state index in [-0.39, 0.29) is 43.6 Å². The highest BCUT2D eigenvalue weighted by Crippen LogP contribution is 2.34. The molecule has 0 atom stereocenters. The fourth-order valence-corrected chi connectivity index (χ4v) is 4.58. The third-order valence-electron chi connectivity index (χ3n) is 5.38. The first-order valence-corrected chi connectivity index (χ1v) is 11.1. The molecule has 0 radical (unpaired) electrons. The van der Waals surface area contributed by atoms with Gasteiger partial charge in [-0.3, -0.25) is 9.78 Å². The number of nitrogens with zero attached hydrogens (tertiary/aromatic N) is 1. The number of fused-ring (bicyclic) bond motifs is 1. The van der Waals surface area contributed by atoms with E-state index in [0.717, 1.165) is 36.6 Å². The summed E-state index contributed by atoms with van der Waals surface area (Å²) in [4.78, 5) is 40.7. The summed E-state index contributed by atoms with van der Waals surface area (Å²) in [5.74, 6) is -4.74. The first kappa shape index (κ1) is 25.6. The maximum absolute atomic E-state index is 15.1. The number of aromatic nitrogens is 2. The van der Waals surface area contributed by atoms with E-state index < -0.39 is 47.0 Å². The maximum Gasteiger partial charge on any atom is 0.341 e. The first-order chi connectivity index (χ1) is 17.6. The van der Waals surface area contributed by atoms with E-state index in [1.807, 2.05) is 0 Å². The van der Waals surface area contributed by atoms with Crippen molar-refractivity contribution >= 4 is 32.5 Å². The predicted octanol–water partition coefficient (Wildman–Crippen LogP) is 3.12. The molecule has 0 fully saturated rings. The number of thiophene rings is 1. The minimum Gasteiger partial charge on any atom is -0.496 e. The predicted molar refractivity (Wildman–Crippen MR) is 128 cm³/mol. The molecule has 2 heterocycles. The number of benzene rings is 2. The molecule has 2 aromatic carbocycles. The zero-order chi connectivity index (χ0) is 27.0. The quantitative estimate of drug-likeness (QED) is 0.344. The molecule has 37 heavy (non-hydrogen) atoms. The lowest BCUT2D eigenvalue weighted by Gasteiger charge is -2.16. The second-order valence-corrected chi connectivity index (χ2v) is 8.45. The van der Waals surface area contributed by atoms with E-state index in [1.165, 1.54) is 20.3 Å². The van der Waals surface area contributed by atoms with Crippen molar-refractivity contribution < 1.29 is 36.9 Å². The maximum atomic E-state index is 15.1. The molecule has 0 unspecified atom stereocenters. The number of halogens is 3. The summed E-state index contributed by atoms with van der Waals surface area (Å²) in [7, 11) is 3.53. The number of nitrogens with two attached hydrogens (primary N) is 1. The number of aromatic amines is 1. The van der Waals surface area contributed by atoms with Gasteiger partial charge in [0.05, 0.1) is 38.0 Å². The standard InChI is InChI=1S/C23H18F3N3O7S/c1-33-13-5-4-10(24)18(26)9(13)8-36-15-7-12(11(25)6-14(15)34-2)29-21(30)17-16(22(31)35-3)19(27)37-20(17)28-23(29)32/h4-7H,8,27H2,1-3H3,(H,28,32). The Morgan fingerprint density at radius 1 is 1.03 bits per heavy atom. The lowest BCUT2D eigenvalue weighted by atomic mass is 10.2. The Kier molecular flexibility index (Phi) is 6.85. The van der Waals surface area contributed by atoms with Crippen molar-refractivity contribution in [1.29, 1.82) is 0 Å². The zero-order valence-corrected chi connectivity index (χ0v) is 20.3. The molecule has 194 valence electrons. The van der Waals surface area contributed by atoms with Crippen molar-refractivity contribution in [1.82, 2.24) is 9.55 Å². The molecule has 0 aliphatic rings. The van der Waals surface area contributed by atoms with E-state index >= 15 is 4.39 Å². The van der Waals surface area contributed by atoms with Crippen molar-refractivity contribution in [2.24, 2.45) is 0 Å². The summed E-state index contributed by atoms with van der Waals surface area (Å²) in [6.07, 6.45) is 0.